The highest BCUT2D eigenvalue weighted by molar-refractivity contribution is 7.52. The van der Waals surface area contributed by atoms with Gasteiger partial charge in [0.25, 0.3) is 11.8 Å². The average molecular weight is 299 g/mol. The molecule has 1 aromatic carbocycles. The van der Waals surface area contributed by atoms with Crippen LogP contribution in [0.25, 0.3) is 0 Å². The van der Waals surface area contributed by atoms with E-state index in [4.69, 9.17) is 9.05 Å². The standard InChI is InChI=1S/C8H5NO2.C5H13O3P/c10-7-5-3-1-2-4-6(5)8(11)9-7;1-4-7-9(3,6)8-5-2/h1-4H,(H,9,10,11);4-5H2,1-3H3. The molecule has 2 amide bonds. The lowest BCUT2D eigenvalue weighted by Gasteiger charge is -2.10. The first-order valence-electron chi connectivity index (χ1n) is 6.22. The maximum atomic E-state index is 11.0. The molecule has 0 aromatic heterocycles. The highest BCUT2D eigenvalue weighted by Gasteiger charge is 2.25. The van der Waals surface area contributed by atoms with Crippen LogP contribution in [0.3, 0.4) is 0 Å². The third-order valence-electron chi connectivity index (χ3n) is 2.37. The molecule has 0 aliphatic carbocycles. The number of imide groups is 1. The molecular weight excluding hydrogens is 281 g/mol. The molecule has 1 aliphatic heterocycles. The lowest BCUT2D eigenvalue weighted by atomic mass is 10.1. The van der Waals surface area contributed by atoms with Crippen LogP contribution in [0.2, 0.25) is 0 Å². The normalized spacial score (nSPS) is 13.3. The van der Waals surface area contributed by atoms with Gasteiger partial charge in [0.15, 0.2) is 0 Å². The van der Waals surface area contributed by atoms with Crippen molar-refractivity contribution in [3.63, 3.8) is 0 Å². The molecule has 0 saturated carbocycles. The summed E-state index contributed by atoms with van der Waals surface area (Å²) in [6, 6.07) is 6.74. The van der Waals surface area contributed by atoms with Crippen molar-refractivity contribution in [1.29, 1.82) is 0 Å². The van der Waals surface area contributed by atoms with Gasteiger partial charge in [-0.05, 0) is 26.0 Å². The van der Waals surface area contributed by atoms with Gasteiger partial charge in [0.1, 0.15) is 0 Å². The van der Waals surface area contributed by atoms with Crippen molar-refractivity contribution in [3.8, 4) is 0 Å². The molecule has 2 rings (SSSR count). The Morgan fingerprint density at radius 3 is 1.75 bits per heavy atom. The second kappa shape index (κ2) is 7.33. The molecule has 6 nitrogen and oxygen atoms in total. The van der Waals surface area contributed by atoms with Crippen molar-refractivity contribution in [3.05, 3.63) is 35.4 Å². The minimum absolute atomic E-state index is 0.300. The summed E-state index contributed by atoms with van der Waals surface area (Å²) in [5.41, 5.74) is 0.940. The second-order valence-corrected chi connectivity index (χ2v) is 5.99. The molecular formula is C13H18NO5P. The largest absolute Gasteiger partial charge is 0.327 e. The third-order valence-corrected chi connectivity index (χ3v) is 3.83. The van der Waals surface area contributed by atoms with E-state index in [-0.39, 0.29) is 11.8 Å². The smallest absolute Gasteiger partial charge is 0.309 e. The molecule has 7 heteroatoms. The van der Waals surface area contributed by atoms with Gasteiger partial charge >= 0.3 is 7.60 Å². The van der Waals surface area contributed by atoms with Crippen molar-refractivity contribution in [2.24, 2.45) is 0 Å². The molecule has 1 aromatic rings. The SMILES string of the molecule is CCOP(C)(=O)OCC.O=C1NC(=O)c2ccccc21. The number of fused-ring (bicyclic) bond motifs is 1. The predicted octanol–water partition coefficient (Wildman–Crippen LogP) is 2.45. The molecule has 20 heavy (non-hydrogen) atoms. The molecule has 0 atom stereocenters. The third kappa shape index (κ3) is 4.56. The summed E-state index contributed by atoms with van der Waals surface area (Å²) >= 11 is 0. The maximum Gasteiger partial charge on any atom is 0.327 e. The number of rotatable bonds is 4. The summed E-state index contributed by atoms with van der Waals surface area (Å²) in [6.45, 7) is 5.92. The molecule has 0 spiro atoms. The van der Waals surface area contributed by atoms with E-state index in [1.165, 1.54) is 6.66 Å². The van der Waals surface area contributed by atoms with Crippen molar-refractivity contribution >= 4 is 19.4 Å². The fourth-order valence-electron chi connectivity index (χ4n) is 1.62. The molecule has 1 heterocycles. The Morgan fingerprint density at radius 1 is 1.00 bits per heavy atom. The van der Waals surface area contributed by atoms with Crippen LogP contribution >= 0.6 is 7.60 Å². The van der Waals surface area contributed by atoms with Crippen LogP contribution in [0, 0.1) is 0 Å². The Bertz CT molecular complexity index is 500. The van der Waals surface area contributed by atoms with E-state index in [2.05, 4.69) is 5.32 Å². The van der Waals surface area contributed by atoms with Gasteiger partial charge in [-0.2, -0.15) is 0 Å². The highest BCUT2D eigenvalue weighted by Crippen LogP contribution is 2.43. The van der Waals surface area contributed by atoms with E-state index in [0.717, 1.165) is 0 Å². The summed E-state index contributed by atoms with van der Waals surface area (Å²) in [6.07, 6.45) is 0. The zero-order valence-corrected chi connectivity index (χ0v) is 12.6. The summed E-state index contributed by atoms with van der Waals surface area (Å²) in [4.78, 5) is 21.9. The number of hydrogen-bond donors (Lipinski definition) is 1. The lowest BCUT2D eigenvalue weighted by molar-refractivity contribution is 0.0879. The van der Waals surface area contributed by atoms with Gasteiger partial charge in [-0.1, -0.05) is 12.1 Å². The summed E-state index contributed by atoms with van der Waals surface area (Å²) < 4.78 is 20.6. The first-order valence-corrected chi connectivity index (χ1v) is 8.21. The number of hydrogen-bond acceptors (Lipinski definition) is 5. The zero-order chi connectivity index (χ0) is 15.2. The molecule has 0 unspecified atom stereocenters. The van der Waals surface area contributed by atoms with Gasteiger partial charge in [0.2, 0.25) is 0 Å². The second-order valence-electron chi connectivity index (χ2n) is 3.94. The fourth-order valence-corrected chi connectivity index (χ4v) is 2.64. The van der Waals surface area contributed by atoms with E-state index in [1.807, 2.05) is 0 Å². The molecule has 0 radical (unpaired) electrons. The van der Waals surface area contributed by atoms with Crippen molar-refractivity contribution in [2.45, 2.75) is 13.8 Å². The van der Waals surface area contributed by atoms with E-state index in [0.29, 0.717) is 24.3 Å². The quantitative estimate of drug-likeness (QED) is 0.682. The Balaban J connectivity index is 0.000000206. The van der Waals surface area contributed by atoms with Crippen LogP contribution in [0.1, 0.15) is 34.6 Å². The van der Waals surface area contributed by atoms with Gasteiger partial charge in [0.05, 0.1) is 24.3 Å². The highest BCUT2D eigenvalue weighted by atomic mass is 31.2. The molecule has 1 aliphatic rings. The van der Waals surface area contributed by atoms with Crippen LogP contribution in [0.4, 0.5) is 0 Å². The number of nitrogens with one attached hydrogen (secondary N) is 1. The zero-order valence-electron chi connectivity index (χ0n) is 11.7. The van der Waals surface area contributed by atoms with Crippen molar-refractivity contribution in [2.75, 3.05) is 19.9 Å². The first kappa shape index (κ1) is 16.6. The fraction of sp³-hybridized carbons (Fsp3) is 0.385. The Labute approximate surface area is 118 Å². The molecule has 110 valence electrons. The molecule has 0 bridgehead atoms. The van der Waals surface area contributed by atoms with Gasteiger partial charge in [-0.3, -0.25) is 19.5 Å². The van der Waals surface area contributed by atoms with E-state index < -0.39 is 7.60 Å². The maximum absolute atomic E-state index is 11.0. The first-order chi connectivity index (χ1) is 9.41. The minimum Gasteiger partial charge on any atom is -0.309 e. The number of carbonyl (C=O) groups excluding carboxylic acids is 2. The van der Waals surface area contributed by atoms with Crippen LogP contribution in [-0.4, -0.2) is 31.7 Å². The predicted molar refractivity (Wildman–Crippen MR) is 75.0 cm³/mol. The number of benzene rings is 1. The van der Waals surface area contributed by atoms with Crippen molar-refractivity contribution < 1.29 is 23.2 Å². The number of amides is 2. The van der Waals surface area contributed by atoms with E-state index in [9.17, 15) is 14.2 Å². The van der Waals surface area contributed by atoms with Gasteiger partial charge in [-0.25, -0.2) is 0 Å². The van der Waals surface area contributed by atoms with E-state index in [1.54, 1.807) is 38.1 Å². The summed E-state index contributed by atoms with van der Waals surface area (Å²) in [5, 5.41) is 2.20. The molecule has 0 saturated heterocycles. The van der Waals surface area contributed by atoms with Gasteiger partial charge in [0, 0.05) is 6.66 Å². The minimum atomic E-state index is -2.69. The monoisotopic (exact) mass is 299 g/mol. The Hall–Kier alpha value is -1.49. The lowest BCUT2D eigenvalue weighted by Crippen LogP contribution is -2.19. The van der Waals surface area contributed by atoms with Crippen LogP contribution in [0.15, 0.2) is 24.3 Å². The number of carbonyl (C=O) groups is 2. The summed E-state index contributed by atoms with van der Waals surface area (Å²) in [5.74, 6) is -0.601. The van der Waals surface area contributed by atoms with Crippen LogP contribution < -0.4 is 5.32 Å². The topological polar surface area (TPSA) is 81.7 Å². The summed E-state index contributed by atoms with van der Waals surface area (Å²) in [7, 11) is -2.69. The molecule has 0 fully saturated rings. The average Bonchev–Trinajstić information content (AvgIpc) is 2.66. The van der Waals surface area contributed by atoms with Crippen LogP contribution in [0.5, 0.6) is 0 Å². The van der Waals surface area contributed by atoms with Gasteiger partial charge < -0.3 is 9.05 Å². The van der Waals surface area contributed by atoms with E-state index >= 15 is 0 Å². The molecule has 1 N–H and O–H groups in total. The Kier molecular flexibility index (Phi) is 6.07. The van der Waals surface area contributed by atoms with Crippen LogP contribution in [-0.2, 0) is 13.6 Å². The van der Waals surface area contributed by atoms with Gasteiger partial charge in [-0.15, -0.1) is 0 Å². The van der Waals surface area contributed by atoms with Crippen molar-refractivity contribution in [1.82, 2.24) is 5.32 Å². The Morgan fingerprint density at radius 2 is 1.40 bits per heavy atom.